The minimum Gasteiger partial charge on any atom is -0.300 e. The average Bonchev–Trinajstić information content (AvgIpc) is 2.12. The lowest BCUT2D eigenvalue weighted by Crippen LogP contribution is -1.96. The van der Waals surface area contributed by atoms with Crippen LogP contribution in [-0.2, 0) is 4.79 Å². The maximum absolute atomic E-state index is 11.0. The number of hydrogen-bond acceptors (Lipinski definition) is 2. The van der Waals surface area contributed by atoms with E-state index in [0.717, 1.165) is 38.5 Å². The van der Waals surface area contributed by atoms with Gasteiger partial charge in [-0.05, 0) is 12.8 Å². The third kappa shape index (κ3) is 18.3. The van der Waals surface area contributed by atoms with Gasteiger partial charge in [-0.15, -0.1) is 0 Å². The zero-order valence-corrected chi connectivity index (χ0v) is 9.10. The first-order chi connectivity index (χ1) is 6.22. The number of hydrogen-bond donors (Lipinski definition) is 0. The lowest BCUT2D eigenvalue weighted by molar-refractivity contribution is -0.119. The smallest absolute Gasteiger partial charge is 0.132 e. The van der Waals surface area contributed by atoms with Gasteiger partial charge in [-0.3, -0.25) is 4.79 Å². The van der Waals surface area contributed by atoms with Crippen molar-refractivity contribution < 1.29 is 4.79 Å². The zero-order valence-electron chi connectivity index (χ0n) is 9.10. The van der Waals surface area contributed by atoms with Gasteiger partial charge in [0.2, 0.25) is 0 Å². The molecule has 0 aliphatic rings. The molecule has 0 saturated carbocycles. The van der Waals surface area contributed by atoms with Gasteiger partial charge in [0.05, 0.1) is 6.07 Å². The summed E-state index contributed by atoms with van der Waals surface area (Å²) in [5.74, 6) is 0.448. The highest BCUT2D eigenvalue weighted by Crippen LogP contribution is 2.02. The Hall–Kier alpha value is -0.840. The molecule has 0 aromatic carbocycles. The Morgan fingerprint density at radius 2 is 1.46 bits per heavy atom. The summed E-state index contributed by atoms with van der Waals surface area (Å²) in [7, 11) is 0. The standard InChI is InChI=1S/C9H18O.C2H3N/c1-3-5-7-9(10)8-6-4-2;1-2-3/h3-8H2,1-2H3;1H3. The van der Waals surface area contributed by atoms with Gasteiger partial charge >= 0.3 is 0 Å². The largest absolute Gasteiger partial charge is 0.300 e. The van der Waals surface area contributed by atoms with Gasteiger partial charge in [-0.25, -0.2) is 0 Å². The van der Waals surface area contributed by atoms with Crippen molar-refractivity contribution in [3.8, 4) is 6.07 Å². The van der Waals surface area contributed by atoms with E-state index < -0.39 is 0 Å². The van der Waals surface area contributed by atoms with Crippen molar-refractivity contribution >= 4 is 5.78 Å². The van der Waals surface area contributed by atoms with Crippen LogP contribution < -0.4 is 0 Å². The molecule has 0 saturated heterocycles. The highest BCUT2D eigenvalue weighted by atomic mass is 16.1. The van der Waals surface area contributed by atoms with Crippen molar-refractivity contribution in [1.82, 2.24) is 0 Å². The van der Waals surface area contributed by atoms with Gasteiger partial charge in [-0.1, -0.05) is 26.7 Å². The molecule has 0 aliphatic heterocycles. The van der Waals surface area contributed by atoms with Crippen LogP contribution in [0.25, 0.3) is 0 Å². The van der Waals surface area contributed by atoms with E-state index in [1.54, 1.807) is 6.07 Å². The molecule has 0 unspecified atom stereocenters. The normalized spacial score (nSPS) is 8.15. The third-order valence-corrected chi connectivity index (χ3v) is 1.62. The van der Waals surface area contributed by atoms with Crippen molar-refractivity contribution in [2.24, 2.45) is 0 Å². The summed E-state index contributed by atoms with van der Waals surface area (Å²) in [6.07, 6.45) is 6.02. The summed E-state index contributed by atoms with van der Waals surface area (Å²) in [6.45, 7) is 5.67. The SMILES string of the molecule is CC#N.CCCCC(=O)CCCC. The number of nitriles is 1. The Labute approximate surface area is 81.9 Å². The van der Waals surface area contributed by atoms with Crippen LogP contribution in [-0.4, -0.2) is 5.78 Å². The van der Waals surface area contributed by atoms with E-state index in [2.05, 4.69) is 13.8 Å². The Morgan fingerprint density at radius 1 is 1.15 bits per heavy atom. The fourth-order valence-electron chi connectivity index (χ4n) is 0.873. The molecule has 0 aliphatic carbocycles. The summed E-state index contributed by atoms with van der Waals surface area (Å²) >= 11 is 0. The molecule has 0 radical (unpaired) electrons. The fourth-order valence-corrected chi connectivity index (χ4v) is 0.873. The number of unbranched alkanes of at least 4 members (excludes halogenated alkanes) is 2. The summed E-state index contributed by atoms with van der Waals surface area (Å²) in [4.78, 5) is 11.0. The molecule has 0 N–H and O–H groups in total. The summed E-state index contributed by atoms with van der Waals surface area (Å²) in [5.41, 5.74) is 0. The van der Waals surface area contributed by atoms with Gasteiger partial charge in [0, 0.05) is 19.8 Å². The maximum Gasteiger partial charge on any atom is 0.132 e. The molecule has 0 heterocycles. The van der Waals surface area contributed by atoms with Crippen LogP contribution in [0.15, 0.2) is 0 Å². The molecule has 0 fully saturated rings. The first-order valence-corrected chi connectivity index (χ1v) is 5.05. The van der Waals surface area contributed by atoms with E-state index in [0.29, 0.717) is 5.78 Å². The van der Waals surface area contributed by atoms with Crippen molar-refractivity contribution in [2.75, 3.05) is 0 Å². The Morgan fingerprint density at radius 3 is 1.69 bits per heavy atom. The molecule has 0 rings (SSSR count). The molecule has 76 valence electrons. The lowest BCUT2D eigenvalue weighted by Gasteiger charge is -1.96. The van der Waals surface area contributed by atoms with Gasteiger partial charge in [0.25, 0.3) is 0 Å². The van der Waals surface area contributed by atoms with Crippen LogP contribution in [0.5, 0.6) is 0 Å². The second kappa shape index (κ2) is 13.7. The summed E-state index contributed by atoms with van der Waals surface area (Å²) in [6, 6.07) is 1.75. The molecule has 0 atom stereocenters. The molecular formula is C11H21NO. The van der Waals surface area contributed by atoms with Crippen molar-refractivity contribution in [3.63, 3.8) is 0 Å². The minimum absolute atomic E-state index is 0.448. The molecule has 0 aromatic heterocycles. The second-order valence-electron chi connectivity index (χ2n) is 2.97. The molecular weight excluding hydrogens is 162 g/mol. The fraction of sp³-hybridized carbons (Fsp3) is 0.818. The van der Waals surface area contributed by atoms with Crippen LogP contribution in [0.2, 0.25) is 0 Å². The van der Waals surface area contributed by atoms with E-state index in [9.17, 15) is 4.79 Å². The van der Waals surface area contributed by atoms with Gasteiger partial charge in [-0.2, -0.15) is 5.26 Å². The van der Waals surface area contributed by atoms with E-state index in [-0.39, 0.29) is 0 Å². The van der Waals surface area contributed by atoms with Gasteiger partial charge in [0.1, 0.15) is 5.78 Å². The number of rotatable bonds is 6. The quantitative estimate of drug-likeness (QED) is 0.632. The van der Waals surface area contributed by atoms with E-state index in [1.165, 1.54) is 6.92 Å². The van der Waals surface area contributed by atoms with E-state index in [1.807, 2.05) is 0 Å². The number of carbonyl (C=O) groups is 1. The van der Waals surface area contributed by atoms with Gasteiger partial charge in [0.15, 0.2) is 0 Å². The predicted molar refractivity (Wildman–Crippen MR) is 55.3 cm³/mol. The summed E-state index contributed by atoms with van der Waals surface area (Å²) < 4.78 is 0. The Bertz CT molecular complexity index is 137. The maximum atomic E-state index is 11.0. The van der Waals surface area contributed by atoms with Crippen molar-refractivity contribution in [2.45, 2.75) is 59.3 Å². The number of ketones is 1. The van der Waals surface area contributed by atoms with Crippen LogP contribution in [0.3, 0.4) is 0 Å². The van der Waals surface area contributed by atoms with Crippen molar-refractivity contribution in [3.05, 3.63) is 0 Å². The van der Waals surface area contributed by atoms with Gasteiger partial charge < -0.3 is 0 Å². The van der Waals surface area contributed by atoms with Crippen LogP contribution >= 0.6 is 0 Å². The second-order valence-corrected chi connectivity index (χ2v) is 2.97. The lowest BCUT2D eigenvalue weighted by atomic mass is 10.1. The monoisotopic (exact) mass is 183 g/mol. The van der Waals surface area contributed by atoms with Crippen molar-refractivity contribution in [1.29, 1.82) is 5.26 Å². The number of nitrogens with zero attached hydrogens (tertiary/aromatic N) is 1. The molecule has 13 heavy (non-hydrogen) atoms. The highest BCUT2D eigenvalue weighted by molar-refractivity contribution is 5.78. The van der Waals surface area contributed by atoms with E-state index in [4.69, 9.17) is 5.26 Å². The number of Topliss-reactive ketones (excluding diaryl/α,β-unsaturated/α-hetero) is 1. The Kier molecular flexibility index (Phi) is 15.5. The number of carbonyl (C=O) groups excluding carboxylic acids is 1. The topological polar surface area (TPSA) is 40.9 Å². The predicted octanol–water partition coefficient (Wildman–Crippen LogP) is 3.47. The molecule has 2 heteroatoms. The molecule has 0 spiro atoms. The molecule has 2 nitrogen and oxygen atoms in total. The summed E-state index contributed by atoms with van der Waals surface area (Å²) in [5, 5.41) is 7.32. The first kappa shape index (κ1) is 14.7. The van der Waals surface area contributed by atoms with Crippen LogP contribution in [0.4, 0.5) is 0 Å². The minimum atomic E-state index is 0.448. The molecule has 0 bridgehead atoms. The molecule has 0 amide bonds. The first-order valence-electron chi connectivity index (χ1n) is 5.05. The van der Waals surface area contributed by atoms with E-state index >= 15 is 0 Å². The average molecular weight is 183 g/mol. The zero-order chi connectivity index (χ0) is 10.5. The highest BCUT2D eigenvalue weighted by Gasteiger charge is 1.98. The van der Waals surface area contributed by atoms with Crippen LogP contribution in [0.1, 0.15) is 59.3 Å². The van der Waals surface area contributed by atoms with Crippen LogP contribution in [0, 0.1) is 11.3 Å². The third-order valence-electron chi connectivity index (χ3n) is 1.62. The Balaban J connectivity index is 0. The molecule has 0 aromatic rings.